The molecule has 4 fully saturated rings. The van der Waals surface area contributed by atoms with Gasteiger partial charge in [0.05, 0.1) is 42.4 Å². The van der Waals surface area contributed by atoms with E-state index in [2.05, 4.69) is 5.32 Å². The number of aliphatic hydroxyl groups excluding tert-OH is 3. The fourth-order valence-corrected chi connectivity index (χ4v) is 12.3. The Morgan fingerprint density at radius 2 is 1.37 bits per heavy atom. The molecule has 3 aromatic carbocycles. The number of methoxy groups -OCH3 is 1. The van der Waals surface area contributed by atoms with Gasteiger partial charge in [0.2, 0.25) is 6.10 Å². The van der Waals surface area contributed by atoms with Crippen LogP contribution in [0.1, 0.15) is 99.5 Å². The van der Waals surface area contributed by atoms with Crippen molar-refractivity contribution in [1.82, 2.24) is 5.32 Å². The number of aliphatic hydroxyl groups is 4. The van der Waals surface area contributed by atoms with Crippen LogP contribution in [0, 0.1) is 16.7 Å². The third-order valence-corrected chi connectivity index (χ3v) is 16.5. The first-order valence-corrected chi connectivity index (χ1v) is 26.4. The van der Waals surface area contributed by atoms with Gasteiger partial charge >= 0.3 is 41.8 Å². The number of carboxylic acid groups (broad SMARTS) is 1. The van der Waals surface area contributed by atoms with E-state index in [-0.39, 0.29) is 34.3 Å². The zero-order valence-corrected chi connectivity index (χ0v) is 45.8. The molecule has 16 atom stereocenters. The number of fused-ring (bicyclic) bond motifs is 5. The number of ketones is 1. The number of hydrogen-bond acceptors (Lipinski definition) is 22. The van der Waals surface area contributed by atoms with Gasteiger partial charge in [0.1, 0.15) is 42.2 Å². The first-order chi connectivity index (χ1) is 38.7. The van der Waals surface area contributed by atoms with Crippen LogP contribution in [0.3, 0.4) is 0 Å². The maximum absolute atomic E-state index is 15.8. The van der Waals surface area contributed by atoms with E-state index in [4.69, 9.17) is 42.6 Å². The minimum Gasteiger partial charge on any atom is -0.479 e. The lowest BCUT2D eigenvalue weighted by Crippen LogP contribution is -2.82. The fraction of sp³-hybridized carbons (Fsp3) is 0.500. The molecule has 3 aliphatic carbocycles. The predicted octanol–water partition coefficient (Wildman–Crippen LogP) is 2.16. The third kappa shape index (κ3) is 11.1. The van der Waals surface area contributed by atoms with Crippen LogP contribution in [0.15, 0.2) is 102 Å². The lowest BCUT2D eigenvalue weighted by atomic mass is 9.44. The second-order valence-corrected chi connectivity index (χ2v) is 21.8. The number of ether oxygens (including phenoxy) is 9. The minimum absolute atomic E-state index is 0.0168. The van der Waals surface area contributed by atoms with Crippen molar-refractivity contribution < 1.29 is 111 Å². The number of carbonyl (C=O) groups excluding carboxylic acids is 8. The molecule has 3 aromatic rings. The summed E-state index contributed by atoms with van der Waals surface area (Å²) in [6, 6.07) is 21.4. The van der Waals surface area contributed by atoms with Crippen molar-refractivity contribution in [3.63, 3.8) is 0 Å². The van der Waals surface area contributed by atoms with Gasteiger partial charge in [-0.25, -0.2) is 14.4 Å². The van der Waals surface area contributed by atoms with Gasteiger partial charge < -0.3 is 73.5 Å². The van der Waals surface area contributed by atoms with Crippen LogP contribution in [0.2, 0.25) is 0 Å². The van der Waals surface area contributed by atoms with E-state index in [0.717, 1.165) is 21.0 Å². The second-order valence-electron chi connectivity index (χ2n) is 21.8. The van der Waals surface area contributed by atoms with E-state index in [0.29, 0.717) is 0 Å². The van der Waals surface area contributed by atoms with Crippen LogP contribution < -0.4 is 5.32 Å². The molecular weight excluding hydrogens is 1080 g/mol. The van der Waals surface area contributed by atoms with E-state index in [1.165, 1.54) is 64.1 Å². The van der Waals surface area contributed by atoms with Crippen LogP contribution in [0.25, 0.3) is 0 Å². The molecule has 2 aliphatic heterocycles. The SMILES string of the molecule is CO[C@@H]1O[C@H](C(=O)O)[C@@H](O)[C@H](O)[C@H]1OC(=O)CCC(=O)O[C@@H](C(=O)O[C@H]1C[C@@]2(O)[C@@H](OC(=O)c3ccccc3)[C@@H]3[C@]4(OC(C)=O)CO[C@@H]4C[C@H](O)[C@@]3(C)C(=O)[C@H](OC(C)=O)C(=C1C)C2(C)C)[C@@H](NC(=O)c1ccccc1)c1ccccc1. The smallest absolute Gasteiger partial charge is 0.350 e. The molecule has 0 aromatic heterocycles. The number of hydrogen-bond donors (Lipinski definition) is 6. The van der Waals surface area contributed by atoms with Crippen LogP contribution >= 0.6 is 0 Å². The minimum atomic E-state index is -2.58. The number of esters is 6. The number of carboxylic acids is 1. The number of Topliss-reactive ketones (excluding diaryl/α,β-unsaturated/α-hetero) is 1. The molecule has 8 rings (SSSR count). The Hall–Kier alpha value is -7.45. The number of carbonyl (C=O) groups is 9. The molecule has 2 saturated carbocycles. The van der Waals surface area contributed by atoms with Crippen LogP contribution in [-0.2, 0) is 76.2 Å². The van der Waals surface area contributed by atoms with Gasteiger partial charge in [-0.15, -0.1) is 0 Å². The summed E-state index contributed by atoms with van der Waals surface area (Å²) in [5.41, 5.74) is -8.35. The zero-order chi connectivity index (χ0) is 59.8. The average molecular weight is 1140 g/mol. The molecule has 2 saturated heterocycles. The van der Waals surface area contributed by atoms with E-state index in [9.17, 15) is 59.1 Å². The monoisotopic (exact) mass is 1140 g/mol. The summed E-state index contributed by atoms with van der Waals surface area (Å²) < 4.78 is 52.2. The van der Waals surface area contributed by atoms with Gasteiger partial charge in [0.25, 0.3) is 5.91 Å². The Balaban J connectivity index is 1.22. The Bertz CT molecular complexity index is 2990. The molecule has 2 bridgehead atoms. The van der Waals surface area contributed by atoms with E-state index < -0.39 is 181 Å². The molecule has 0 unspecified atom stereocenters. The Morgan fingerprint density at radius 3 is 1.93 bits per heavy atom. The summed E-state index contributed by atoms with van der Waals surface area (Å²) >= 11 is 0. The van der Waals surface area contributed by atoms with E-state index in [1.807, 2.05) is 0 Å². The summed E-state index contributed by atoms with van der Waals surface area (Å²) in [6.07, 6.45) is -22.9. The van der Waals surface area contributed by atoms with Crippen molar-refractivity contribution in [2.24, 2.45) is 16.7 Å². The fourth-order valence-electron chi connectivity index (χ4n) is 12.3. The Kier molecular flexibility index (Phi) is 17.6. The molecular formula is C58H65NO23. The maximum atomic E-state index is 15.8. The van der Waals surface area contributed by atoms with Gasteiger partial charge in [0.15, 0.2) is 36.0 Å². The van der Waals surface area contributed by atoms with E-state index in [1.54, 1.807) is 54.6 Å². The highest BCUT2D eigenvalue weighted by atomic mass is 16.7. The quantitative estimate of drug-likeness (QED) is 0.0641. The van der Waals surface area contributed by atoms with Gasteiger partial charge in [-0.05, 0) is 54.8 Å². The number of benzene rings is 3. The highest BCUT2D eigenvalue weighted by Crippen LogP contribution is 2.64. The van der Waals surface area contributed by atoms with Crippen molar-refractivity contribution in [3.05, 3.63) is 119 Å². The van der Waals surface area contributed by atoms with Gasteiger partial charge in [-0.3, -0.25) is 28.8 Å². The van der Waals surface area contributed by atoms with Crippen molar-refractivity contribution in [2.75, 3.05) is 13.7 Å². The number of nitrogens with one attached hydrogen (secondary N) is 1. The molecule has 2 heterocycles. The Morgan fingerprint density at radius 1 is 0.768 bits per heavy atom. The zero-order valence-electron chi connectivity index (χ0n) is 45.8. The highest BCUT2D eigenvalue weighted by molar-refractivity contribution is 5.96. The topological polar surface area (TPSA) is 350 Å². The molecule has 82 heavy (non-hydrogen) atoms. The van der Waals surface area contributed by atoms with Crippen molar-refractivity contribution in [1.29, 1.82) is 0 Å². The summed E-state index contributed by atoms with van der Waals surface area (Å²) in [6.45, 7) is 7.45. The average Bonchev–Trinajstić information content (AvgIpc) is 0.730. The second kappa shape index (κ2) is 23.8. The molecule has 1 amide bonds. The van der Waals surface area contributed by atoms with Crippen molar-refractivity contribution in [2.45, 2.75) is 152 Å². The molecule has 0 radical (unpaired) electrons. The molecule has 440 valence electrons. The van der Waals surface area contributed by atoms with Crippen LogP contribution in [-0.4, -0.2) is 171 Å². The summed E-state index contributed by atoms with van der Waals surface area (Å²) in [4.78, 5) is 125. The summed E-state index contributed by atoms with van der Waals surface area (Å²) in [5, 5.41) is 59.6. The Labute approximate surface area is 469 Å². The molecule has 6 N–H and O–H groups in total. The molecule has 24 heteroatoms. The highest BCUT2D eigenvalue weighted by Gasteiger charge is 2.78. The lowest BCUT2D eigenvalue weighted by Gasteiger charge is -2.67. The normalized spacial score (nSPS) is 32.4. The number of rotatable bonds is 17. The summed E-state index contributed by atoms with van der Waals surface area (Å²) in [7, 11) is 1.06. The number of amides is 1. The predicted molar refractivity (Wildman–Crippen MR) is 276 cm³/mol. The van der Waals surface area contributed by atoms with Crippen molar-refractivity contribution in [3.8, 4) is 0 Å². The third-order valence-electron chi connectivity index (χ3n) is 16.5. The largest absolute Gasteiger partial charge is 0.479 e. The summed E-state index contributed by atoms with van der Waals surface area (Å²) in [5.74, 6) is -11.8. The molecule has 24 nitrogen and oxygen atoms in total. The molecule has 0 spiro atoms. The van der Waals surface area contributed by atoms with E-state index >= 15 is 9.59 Å². The van der Waals surface area contributed by atoms with Crippen molar-refractivity contribution >= 4 is 53.5 Å². The van der Waals surface area contributed by atoms with Crippen LogP contribution in [0.4, 0.5) is 0 Å². The first-order valence-electron chi connectivity index (χ1n) is 26.4. The lowest BCUT2D eigenvalue weighted by molar-refractivity contribution is -0.346. The van der Waals surface area contributed by atoms with Gasteiger partial charge in [-0.1, -0.05) is 80.6 Å². The van der Waals surface area contributed by atoms with Gasteiger partial charge in [-0.2, -0.15) is 0 Å². The first kappa shape index (κ1) is 60.6. The van der Waals surface area contributed by atoms with Gasteiger partial charge in [0, 0.05) is 44.8 Å². The molecule has 5 aliphatic rings. The maximum Gasteiger partial charge on any atom is 0.350 e. The van der Waals surface area contributed by atoms with Crippen LogP contribution in [0.5, 0.6) is 0 Å². The number of aliphatic carboxylic acids is 1. The standard InChI is InChI=1S/C58H65NO23/c1-28-34(26-58(73)49(81-52(71)33-21-15-10-16-22-33)47-56(6,35(62)25-36-57(47,27-75-36)82-30(3)61)48(67)43(76-29(2)60)39(28)55(58,4)5)77-53(72)44(40(31-17-11-8-12-18-31)59-50(68)32-19-13-9-14-20-32)78-37(63)23-24-38(64)79-46-42(66)41(65)45(51(69)70)80-54(46)74-7/h8-22,34-36,40-47,49,54,62,65-66,73H,23-27H2,1-7H3,(H,59,68)(H,69,70)/t34-,35-,36+,40-,41-,42-,43+,44+,45-,46+,47-,49-,54+,56+,57-,58+/m0/s1.